The van der Waals surface area contributed by atoms with Gasteiger partial charge in [-0.3, -0.25) is 4.79 Å². The van der Waals surface area contributed by atoms with Gasteiger partial charge < -0.3 is 4.74 Å². The van der Waals surface area contributed by atoms with E-state index in [0.717, 1.165) is 10.2 Å². The monoisotopic (exact) mass is 274 g/mol. The zero-order chi connectivity index (χ0) is 7.82. The molecule has 0 bridgehead atoms. The van der Waals surface area contributed by atoms with Gasteiger partial charge in [0, 0.05) is 4.43 Å². The minimum atomic E-state index is -0.126. The molecular formula is C6H11IO2S. The molecule has 0 spiro atoms. The largest absolute Gasteiger partial charge is 0.468 e. The summed E-state index contributed by atoms with van der Waals surface area (Å²) >= 11 is 3.96. The Morgan fingerprint density at radius 2 is 2.40 bits per heavy atom. The van der Waals surface area contributed by atoms with E-state index in [9.17, 15) is 4.79 Å². The van der Waals surface area contributed by atoms with Gasteiger partial charge in [-0.15, -0.1) is 0 Å². The average molecular weight is 274 g/mol. The SMILES string of the molecule is COC(=O)CSCCCI. The third kappa shape index (κ3) is 6.67. The fraction of sp³-hybridized carbons (Fsp3) is 0.833. The van der Waals surface area contributed by atoms with Gasteiger partial charge in [0.05, 0.1) is 12.9 Å². The first-order valence-electron chi connectivity index (χ1n) is 3.01. The number of carbonyl (C=O) groups excluding carboxylic acids is 1. The Bertz CT molecular complexity index is 97.7. The number of alkyl halides is 1. The minimum absolute atomic E-state index is 0.126. The number of methoxy groups -OCH3 is 1. The third-order valence-corrected chi connectivity index (χ3v) is 2.65. The number of carbonyl (C=O) groups is 1. The van der Waals surface area contributed by atoms with E-state index in [1.54, 1.807) is 11.8 Å². The molecule has 0 radical (unpaired) electrons. The molecule has 0 aromatic rings. The molecule has 0 heterocycles. The van der Waals surface area contributed by atoms with Gasteiger partial charge in [0.15, 0.2) is 0 Å². The predicted octanol–water partition coefficient (Wildman–Crippen LogP) is 1.72. The van der Waals surface area contributed by atoms with Crippen LogP contribution in [0.3, 0.4) is 0 Å². The number of thioether (sulfide) groups is 1. The second kappa shape index (κ2) is 7.65. The first-order valence-corrected chi connectivity index (χ1v) is 5.69. The molecule has 0 rings (SSSR count). The topological polar surface area (TPSA) is 26.3 Å². The molecule has 0 fully saturated rings. The maximum atomic E-state index is 10.5. The molecule has 0 saturated heterocycles. The first kappa shape index (κ1) is 10.6. The van der Waals surface area contributed by atoms with Crippen LogP contribution in [0.4, 0.5) is 0 Å². The molecule has 10 heavy (non-hydrogen) atoms. The van der Waals surface area contributed by atoms with Gasteiger partial charge in [-0.2, -0.15) is 11.8 Å². The Hall–Kier alpha value is 0.550. The van der Waals surface area contributed by atoms with E-state index in [0.29, 0.717) is 5.75 Å². The summed E-state index contributed by atoms with van der Waals surface area (Å²) < 4.78 is 5.63. The lowest BCUT2D eigenvalue weighted by molar-refractivity contribution is -0.137. The standard InChI is InChI=1S/C6H11IO2S/c1-9-6(8)5-10-4-2-3-7/h2-5H2,1H3. The Balaban J connectivity index is 2.96. The minimum Gasteiger partial charge on any atom is -0.468 e. The molecule has 0 aliphatic rings. The van der Waals surface area contributed by atoms with Crippen LogP contribution >= 0.6 is 34.4 Å². The lowest BCUT2D eigenvalue weighted by Gasteiger charge is -1.97. The van der Waals surface area contributed by atoms with Gasteiger partial charge in [0.1, 0.15) is 0 Å². The van der Waals surface area contributed by atoms with Crippen LogP contribution in [-0.4, -0.2) is 29.0 Å². The Morgan fingerprint density at radius 3 is 2.90 bits per heavy atom. The number of halogens is 1. The fourth-order valence-corrected chi connectivity index (χ4v) is 2.05. The van der Waals surface area contributed by atoms with E-state index in [-0.39, 0.29) is 5.97 Å². The van der Waals surface area contributed by atoms with Crippen molar-refractivity contribution in [2.24, 2.45) is 0 Å². The maximum Gasteiger partial charge on any atom is 0.315 e. The Kier molecular flexibility index (Phi) is 8.08. The van der Waals surface area contributed by atoms with Crippen molar-refractivity contribution in [1.82, 2.24) is 0 Å². The van der Waals surface area contributed by atoms with E-state index in [1.165, 1.54) is 13.5 Å². The van der Waals surface area contributed by atoms with E-state index < -0.39 is 0 Å². The van der Waals surface area contributed by atoms with Crippen LogP contribution < -0.4 is 0 Å². The zero-order valence-electron chi connectivity index (χ0n) is 5.93. The Morgan fingerprint density at radius 1 is 1.70 bits per heavy atom. The van der Waals surface area contributed by atoms with E-state index in [2.05, 4.69) is 27.3 Å². The summed E-state index contributed by atoms with van der Waals surface area (Å²) in [6, 6.07) is 0. The van der Waals surface area contributed by atoms with Crippen molar-refractivity contribution in [2.45, 2.75) is 6.42 Å². The molecule has 0 saturated carbocycles. The molecule has 0 N–H and O–H groups in total. The maximum absolute atomic E-state index is 10.5. The van der Waals surface area contributed by atoms with Crippen molar-refractivity contribution in [3.05, 3.63) is 0 Å². The highest BCUT2D eigenvalue weighted by molar-refractivity contribution is 14.1. The lowest BCUT2D eigenvalue weighted by Crippen LogP contribution is -2.03. The number of esters is 1. The van der Waals surface area contributed by atoms with Crippen LogP contribution in [0.5, 0.6) is 0 Å². The molecule has 0 atom stereocenters. The van der Waals surface area contributed by atoms with Crippen LogP contribution in [0.15, 0.2) is 0 Å². The highest BCUT2D eigenvalue weighted by Crippen LogP contribution is 2.03. The van der Waals surface area contributed by atoms with Crippen molar-refractivity contribution in [3.63, 3.8) is 0 Å². The summed E-state index contributed by atoms with van der Waals surface area (Å²) in [7, 11) is 1.42. The highest BCUT2D eigenvalue weighted by atomic mass is 127. The lowest BCUT2D eigenvalue weighted by atomic mass is 10.6. The summed E-state index contributed by atoms with van der Waals surface area (Å²) in [5.74, 6) is 1.42. The van der Waals surface area contributed by atoms with Crippen molar-refractivity contribution in [1.29, 1.82) is 0 Å². The molecule has 0 aliphatic carbocycles. The molecule has 4 heteroatoms. The molecule has 0 aromatic heterocycles. The molecule has 60 valence electrons. The molecular weight excluding hydrogens is 263 g/mol. The summed E-state index contributed by atoms with van der Waals surface area (Å²) in [4.78, 5) is 10.5. The van der Waals surface area contributed by atoms with Crippen LogP contribution in [0.2, 0.25) is 0 Å². The summed E-state index contributed by atoms with van der Waals surface area (Å²) in [6.07, 6.45) is 1.17. The molecule has 0 unspecified atom stereocenters. The van der Waals surface area contributed by atoms with E-state index >= 15 is 0 Å². The summed E-state index contributed by atoms with van der Waals surface area (Å²) in [6.45, 7) is 0. The van der Waals surface area contributed by atoms with Gasteiger partial charge in [-0.1, -0.05) is 22.6 Å². The fourth-order valence-electron chi connectivity index (χ4n) is 0.371. The van der Waals surface area contributed by atoms with Crippen LogP contribution in [0.25, 0.3) is 0 Å². The van der Waals surface area contributed by atoms with E-state index in [1.807, 2.05) is 0 Å². The zero-order valence-corrected chi connectivity index (χ0v) is 8.91. The Labute approximate surface area is 79.2 Å². The molecule has 0 aromatic carbocycles. The number of hydrogen-bond donors (Lipinski definition) is 0. The molecule has 2 nitrogen and oxygen atoms in total. The molecule has 0 amide bonds. The number of hydrogen-bond acceptors (Lipinski definition) is 3. The second-order valence-electron chi connectivity index (χ2n) is 1.67. The van der Waals surface area contributed by atoms with Crippen molar-refractivity contribution >= 4 is 40.3 Å². The van der Waals surface area contributed by atoms with Gasteiger partial charge >= 0.3 is 5.97 Å². The van der Waals surface area contributed by atoms with Gasteiger partial charge in [-0.05, 0) is 12.2 Å². The smallest absolute Gasteiger partial charge is 0.315 e. The van der Waals surface area contributed by atoms with Crippen LogP contribution in [0, 0.1) is 0 Å². The second-order valence-corrected chi connectivity index (χ2v) is 3.86. The van der Waals surface area contributed by atoms with Crippen molar-refractivity contribution < 1.29 is 9.53 Å². The van der Waals surface area contributed by atoms with Gasteiger partial charge in [0.2, 0.25) is 0 Å². The number of ether oxygens (including phenoxy) is 1. The van der Waals surface area contributed by atoms with Crippen LogP contribution in [-0.2, 0) is 9.53 Å². The average Bonchev–Trinajstić information content (AvgIpc) is 1.98. The highest BCUT2D eigenvalue weighted by Gasteiger charge is 1.97. The van der Waals surface area contributed by atoms with Crippen molar-refractivity contribution in [3.8, 4) is 0 Å². The molecule has 0 aliphatic heterocycles. The summed E-state index contributed by atoms with van der Waals surface area (Å²) in [5.41, 5.74) is 0. The summed E-state index contributed by atoms with van der Waals surface area (Å²) in [5, 5.41) is 0. The van der Waals surface area contributed by atoms with Crippen molar-refractivity contribution in [2.75, 3.05) is 23.0 Å². The first-order chi connectivity index (χ1) is 4.81. The van der Waals surface area contributed by atoms with E-state index in [4.69, 9.17) is 0 Å². The quantitative estimate of drug-likeness (QED) is 0.330. The number of rotatable bonds is 5. The normalized spacial score (nSPS) is 9.40. The predicted molar refractivity (Wildman–Crippen MR) is 52.8 cm³/mol. The third-order valence-electron chi connectivity index (χ3n) is 0.870. The van der Waals surface area contributed by atoms with Gasteiger partial charge in [0.25, 0.3) is 0 Å². The van der Waals surface area contributed by atoms with Crippen LogP contribution in [0.1, 0.15) is 6.42 Å². The van der Waals surface area contributed by atoms with Gasteiger partial charge in [-0.25, -0.2) is 0 Å².